The number of benzene rings is 1. The number of carbonyl (C=O) groups is 1. The third-order valence-corrected chi connectivity index (χ3v) is 3.73. The van der Waals surface area contributed by atoms with E-state index in [0.717, 1.165) is 12.8 Å². The molecule has 0 saturated heterocycles. The fourth-order valence-corrected chi connectivity index (χ4v) is 2.20. The Balaban J connectivity index is 0.000000504. The molecule has 25 heavy (non-hydrogen) atoms. The Morgan fingerprint density at radius 2 is 1.48 bits per heavy atom. The minimum absolute atomic E-state index is 0.00911. The van der Waals surface area contributed by atoms with E-state index in [4.69, 9.17) is 51.2 Å². The lowest BCUT2D eigenvalue weighted by Gasteiger charge is -2.23. The second kappa shape index (κ2) is 13.5. The average Bonchev–Trinajstić information content (AvgIpc) is 2.53. The molecule has 0 aromatic heterocycles. The van der Waals surface area contributed by atoms with E-state index >= 15 is 0 Å². The van der Waals surface area contributed by atoms with Gasteiger partial charge in [0.15, 0.2) is 0 Å². The van der Waals surface area contributed by atoms with Crippen molar-refractivity contribution in [2.75, 3.05) is 6.61 Å². The number of hydrogen-bond donors (Lipinski definition) is 0. The predicted octanol–water partition coefficient (Wildman–Crippen LogP) is -0.990. The predicted molar refractivity (Wildman–Crippen MR) is 118 cm³/mol. The van der Waals surface area contributed by atoms with Gasteiger partial charge in [0.1, 0.15) is 0 Å². The van der Waals surface area contributed by atoms with Gasteiger partial charge in [-0.15, -0.1) is 0 Å². The van der Waals surface area contributed by atoms with Crippen LogP contribution in [-0.2, 0) is 16.0 Å². The Kier molecular flexibility index (Phi) is 13.2. The molecule has 0 saturated carbocycles. The van der Waals surface area contributed by atoms with E-state index in [0.29, 0.717) is 6.61 Å². The topological polar surface area (TPSA) is 26.3 Å². The molecule has 0 bridgehead atoms. The summed E-state index contributed by atoms with van der Waals surface area (Å²) < 4.78 is 4.95. The van der Waals surface area contributed by atoms with Crippen LogP contribution in [0.3, 0.4) is 0 Å². The highest BCUT2D eigenvalue weighted by Gasteiger charge is 2.24. The molecule has 0 amide bonds. The van der Waals surface area contributed by atoms with Crippen LogP contribution in [0.2, 0.25) is 0 Å². The molecule has 0 N–H and O–H groups in total. The second-order valence-electron chi connectivity index (χ2n) is 5.99. The molecule has 1 atom stereocenters. The molecule has 0 unspecified atom stereocenters. The van der Waals surface area contributed by atoms with Crippen molar-refractivity contribution in [3.05, 3.63) is 35.9 Å². The maximum atomic E-state index is 11.3. The summed E-state index contributed by atoms with van der Waals surface area (Å²) in [5.74, 6) is -0.0985. The standard InChI is InChI=1S/C13H18O2.B10/c1-3-15-13(14)11(2)9-10-12-7-5-4-6-8-12;1-7(2)10(8(3)4)9(5)6/h4-8,11H,3,9-10H2,1-2H3;/t11-;/m1./s1. The quantitative estimate of drug-likeness (QED) is 0.455. The second-order valence-corrected chi connectivity index (χ2v) is 5.99. The van der Waals surface area contributed by atoms with Gasteiger partial charge in [0.05, 0.1) is 12.5 Å². The van der Waals surface area contributed by atoms with E-state index in [1.165, 1.54) is 5.56 Å². The molecule has 12 heteroatoms. The summed E-state index contributed by atoms with van der Waals surface area (Å²) in [6.07, 6.45) is -0.663. The largest absolute Gasteiger partial charge is 0.466 e. The average molecular weight is 314 g/mol. The maximum Gasteiger partial charge on any atom is 0.308 e. The third kappa shape index (κ3) is 10.8. The molecule has 0 aliphatic heterocycles. The van der Waals surface area contributed by atoms with Crippen LogP contribution in [0, 0.1) is 5.92 Å². The van der Waals surface area contributed by atoms with Crippen molar-refractivity contribution >= 4 is 77.9 Å². The van der Waals surface area contributed by atoms with E-state index in [1.54, 1.807) is 0 Å². The van der Waals surface area contributed by atoms with E-state index in [9.17, 15) is 4.79 Å². The first kappa shape index (κ1) is 24.3. The van der Waals surface area contributed by atoms with Crippen molar-refractivity contribution < 1.29 is 9.53 Å². The molecule has 112 valence electrons. The lowest BCUT2D eigenvalue weighted by Crippen LogP contribution is -2.62. The summed E-state index contributed by atoms with van der Waals surface area (Å²) in [6, 6.07) is 10.2. The molecular weight excluding hydrogens is 296 g/mol. The fraction of sp³-hybridized carbons (Fsp3) is 0.462. The van der Waals surface area contributed by atoms with Crippen LogP contribution < -0.4 is 0 Å². The molecule has 1 aromatic rings. The minimum Gasteiger partial charge on any atom is -0.466 e. The van der Waals surface area contributed by atoms with Crippen LogP contribution in [-0.4, -0.2) is 84.5 Å². The summed E-state index contributed by atoms with van der Waals surface area (Å²) in [7, 11) is 31.8. The highest BCUT2D eigenvalue weighted by molar-refractivity contribution is 8.00. The summed E-state index contributed by atoms with van der Waals surface area (Å²) in [5.41, 5.74) is 1.27. The van der Waals surface area contributed by atoms with Crippen LogP contribution in [0.25, 0.3) is 0 Å². The normalized spacial score (nSPS) is 10.6. The first-order chi connectivity index (χ1) is 11.7. The first-order valence-electron chi connectivity index (χ1n) is 8.44. The molecule has 0 aliphatic rings. The summed E-state index contributed by atoms with van der Waals surface area (Å²) in [4.78, 5) is 11.3. The number of aryl methyl sites for hydroxylation is 1. The number of ether oxygens (including phenoxy) is 1. The van der Waals surface area contributed by atoms with Crippen molar-refractivity contribution in [3.63, 3.8) is 0 Å². The van der Waals surface area contributed by atoms with Gasteiger partial charge in [0.2, 0.25) is 0 Å². The Bertz CT molecular complexity index is 452. The molecule has 0 fully saturated rings. The van der Waals surface area contributed by atoms with Crippen LogP contribution in [0.4, 0.5) is 0 Å². The lowest BCUT2D eigenvalue weighted by atomic mass is 8.58. The van der Waals surface area contributed by atoms with Gasteiger partial charge < -0.3 is 4.74 Å². The monoisotopic (exact) mass is 316 g/mol. The van der Waals surface area contributed by atoms with E-state index < -0.39 is 25.5 Å². The molecule has 0 spiro atoms. The van der Waals surface area contributed by atoms with Gasteiger partial charge in [-0.25, -0.2) is 0 Å². The molecule has 2 nitrogen and oxygen atoms in total. The van der Waals surface area contributed by atoms with Crippen molar-refractivity contribution in [3.8, 4) is 0 Å². The molecule has 1 aromatic carbocycles. The Hall–Kier alpha value is -0.661. The van der Waals surface area contributed by atoms with Crippen molar-refractivity contribution in [1.29, 1.82) is 0 Å². The number of hydrogen-bond acceptors (Lipinski definition) is 2. The van der Waals surface area contributed by atoms with Crippen LogP contribution >= 0.6 is 0 Å². The zero-order valence-corrected chi connectivity index (χ0v) is 15.2. The Morgan fingerprint density at radius 3 is 1.84 bits per heavy atom. The maximum absolute atomic E-state index is 11.3. The fourth-order valence-electron chi connectivity index (χ4n) is 2.20. The van der Waals surface area contributed by atoms with Gasteiger partial charge >= 0.3 is 5.97 Å². The van der Waals surface area contributed by atoms with Crippen molar-refractivity contribution in [1.82, 2.24) is 0 Å². The molecule has 0 aliphatic carbocycles. The van der Waals surface area contributed by atoms with Crippen LogP contribution in [0.1, 0.15) is 25.8 Å². The number of esters is 1. The van der Waals surface area contributed by atoms with Gasteiger partial charge in [-0.3, -0.25) is 4.79 Å². The highest BCUT2D eigenvalue weighted by Crippen LogP contribution is 2.10. The lowest BCUT2D eigenvalue weighted by molar-refractivity contribution is -0.147. The third-order valence-electron chi connectivity index (χ3n) is 3.73. The van der Waals surface area contributed by atoms with Gasteiger partial charge in [-0.1, -0.05) is 37.3 Å². The van der Waals surface area contributed by atoms with Crippen LogP contribution in [0.5, 0.6) is 0 Å². The molecule has 0 heterocycles. The summed E-state index contributed by atoms with van der Waals surface area (Å²) in [6.45, 7) is 4.22. The van der Waals surface area contributed by atoms with Crippen molar-refractivity contribution in [2.24, 2.45) is 5.92 Å². The van der Waals surface area contributed by atoms with E-state index in [2.05, 4.69) is 12.1 Å². The van der Waals surface area contributed by atoms with Gasteiger partial charge in [0.25, 0.3) is 0 Å². The zero-order valence-electron chi connectivity index (χ0n) is 15.2. The van der Waals surface area contributed by atoms with Crippen LogP contribution in [0.15, 0.2) is 30.3 Å². The molecule has 1 rings (SSSR count). The zero-order chi connectivity index (χ0) is 19.4. The number of rotatable bonds is 8. The van der Waals surface area contributed by atoms with Gasteiger partial charge in [0, 0.05) is 72.0 Å². The smallest absolute Gasteiger partial charge is 0.308 e. The Labute approximate surface area is 162 Å². The molecule has 12 radical (unpaired) electrons. The Morgan fingerprint density at radius 1 is 1.00 bits per heavy atom. The van der Waals surface area contributed by atoms with E-state index in [1.807, 2.05) is 32.0 Å². The SMILES string of the molecule is CCOC(=O)[C@H](C)CCc1ccccc1.[B]B([B])B(B([B])[B])B([B])[B]. The van der Waals surface area contributed by atoms with Crippen molar-refractivity contribution in [2.45, 2.75) is 26.7 Å². The first-order valence-corrected chi connectivity index (χ1v) is 8.44. The minimum atomic E-state index is -0.667. The van der Waals surface area contributed by atoms with Gasteiger partial charge in [-0.05, 0) is 25.3 Å². The summed E-state index contributed by atoms with van der Waals surface area (Å²) in [5, 5.41) is 0. The molecular formula is C13H18B10O2. The van der Waals surface area contributed by atoms with Gasteiger partial charge in [-0.2, -0.15) is 0 Å². The number of carbonyl (C=O) groups excluding carboxylic acids is 1. The summed E-state index contributed by atoms with van der Waals surface area (Å²) >= 11 is 0. The van der Waals surface area contributed by atoms with E-state index in [-0.39, 0.29) is 11.9 Å². The highest BCUT2D eigenvalue weighted by atomic mass is 16.5.